The maximum atomic E-state index is 13.6. The fraction of sp³-hybridized carbons (Fsp3) is 0.0769. The molecule has 0 atom stereocenters. The highest BCUT2D eigenvalue weighted by molar-refractivity contribution is 7.98. The van der Waals surface area contributed by atoms with E-state index in [1.165, 1.54) is 17.8 Å². The van der Waals surface area contributed by atoms with Crippen molar-refractivity contribution >= 4 is 40.7 Å². The number of thioether (sulfide) groups is 1. The molecule has 0 saturated carbocycles. The molecule has 2 rings (SSSR count). The fourth-order valence-corrected chi connectivity index (χ4v) is 2.69. The van der Waals surface area contributed by atoms with Gasteiger partial charge in [-0.25, -0.2) is 4.39 Å². The Morgan fingerprint density at radius 1 is 1.06 bits per heavy atom. The number of halogens is 3. The SMILES string of the molecule is Nc1ccc(CSc2ccc(Cl)c(Cl)c2)c(F)c1. The van der Waals surface area contributed by atoms with Crippen LogP contribution in [0.3, 0.4) is 0 Å². The van der Waals surface area contributed by atoms with Crippen LogP contribution in [0.15, 0.2) is 41.3 Å². The van der Waals surface area contributed by atoms with Gasteiger partial charge >= 0.3 is 0 Å². The summed E-state index contributed by atoms with van der Waals surface area (Å²) in [5.41, 5.74) is 6.53. The fourth-order valence-electron chi connectivity index (χ4n) is 1.41. The zero-order chi connectivity index (χ0) is 13.1. The topological polar surface area (TPSA) is 26.0 Å². The van der Waals surface area contributed by atoms with Gasteiger partial charge in [-0.1, -0.05) is 29.3 Å². The third-order valence-electron chi connectivity index (χ3n) is 2.36. The standard InChI is InChI=1S/C13H10Cl2FNS/c14-11-4-3-10(6-12(11)15)18-7-8-1-2-9(17)5-13(8)16/h1-6H,7,17H2. The van der Waals surface area contributed by atoms with E-state index in [1.807, 2.05) is 6.07 Å². The second kappa shape index (κ2) is 5.83. The lowest BCUT2D eigenvalue weighted by atomic mass is 10.2. The zero-order valence-corrected chi connectivity index (χ0v) is 11.6. The molecule has 2 N–H and O–H groups in total. The van der Waals surface area contributed by atoms with Crippen molar-refractivity contribution in [2.24, 2.45) is 0 Å². The molecule has 0 spiro atoms. The Bertz CT molecular complexity index is 575. The van der Waals surface area contributed by atoms with Crippen LogP contribution >= 0.6 is 35.0 Å². The largest absolute Gasteiger partial charge is 0.399 e. The average molecular weight is 302 g/mol. The number of nitrogen functional groups attached to an aromatic ring is 1. The Morgan fingerprint density at radius 2 is 1.83 bits per heavy atom. The minimum absolute atomic E-state index is 0.289. The van der Waals surface area contributed by atoms with Crippen molar-refractivity contribution in [3.63, 3.8) is 0 Å². The Balaban J connectivity index is 2.09. The molecule has 0 amide bonds. The van der Waals surface area contributed by atoms with E-state index in [1.54, 1.807) is 24.3 Å². The van der Waals surface area contributed by atoms with Gasteiger partial charge in [-0.3, -0.25) is 0 Å². The molecular formula is C13H10Cl2FNS. The van der Waals surface area contributed by atoms with Gasteiger partial charge in [0.15, 0.2) is 0 Å². The van der Waals surface area contributed by atoms with Gasteiger partial charge in [0.1, 0.15) is 5.82 Å². The molecule has 0 unspecified atom stereocenters. The summed E-state index contributed by atoms with van der Waals surface area (Å²) < 4.78 is 13.6. The highest BCUT2D eigenvalue weighted by atomic mass is 35.5. The number of benzene rings is 2. The molecule has 0 aliphatic heterocycles. The second-order valence-electron chi connectivity index (χ2n) is 3.72. The Labute approximate surface area is 119 Å². The molecule has 0 bridgehead atoms. The highest BCUT2D eigenvalue weighted by Crippen LogP contribution is 2.30. The van der Waals surface area contributed by atoms with Crippen molar-refractivity contribution in [2.45, 2.75) is 10.6 Å². The molecule has 94 valence electrons. The summed E-state index contributed by atoms with van der Waals surface area (Å²) in [4.78, 5) is 0.945. The third kappa shape index (κ3) is 3.31. The van der Waals surface area contributed by atoms with Crippen molar-refractivity contribution in [3.8, 4) is 0 Å². The number of hydrogen-bond donors (Lipinski definition) is 1. The maximum Gasteiger partial charge on any atom is 0.129 e. The van der Waals surface area contributed by atoms with Gasteiger partial charge < -0.3 is 5.73 Å². The van der Waals surface area contributed by atoms with E-state index >= 15 is 0 Å². The van der Waals surface area contributed by atoms with Crippen LogP contribution in [0, 0.1) is 5.82 Å². The van der Waals surface area contributed by atoms with Crippen molar-refractivity contribution in [3.05, 3.63) is 57.8 Å². The first kappa shape index (κ1) is 13.5. The van der Waals surface area contributed by atoms with Crippen molar-refractivity contribution in [1.82, 2.24) is 0 Å². The van der Waals surface area contributed by atoms with Gasteiger partial charge in [0, 0.05) is 16.3 Å². The summed E-state index contributed by atoms with van der Waals surface area (Å²) in [6.45, 7) is 0. The smallest absolute Gasteiger partial charge is 0.129 e. The summed E-state index contributed by atoms with van der Waals surface area (Å²) >= 11 is 13.2. The highest BCUT2D eigenvalue weighted by Gasteiger charge is 2.05. The van der Waals surface area contributed by atoms with Crippen molar-refractivity contribution in [2.75, 3.05) is 5.73 Å². The lowest BCUT2D eigenvalue weighted by Gasteiger charge is -2.05. The molecule has 1 nitrogen and oxygen atoms in total. The number of rotatable bonds is 3. The summed E-state index contributed by atoms with van der Waals surface area (Å²) in [6, 6.07) is 10.1. The molecule has 2 aromatic carbocycles. The van der Waals surface area contributed by atoms with E-state index in [-0.39, 0.29) is 5.82 Å². The first-order chi connectivity index (χ1) is 8.56. The van der Waals surface area contributed by atoms with Crippen LogP contribution in [0.5, 0.6) is 0 Å². The monoisotopic (exact) mass is 301 g/mol. The van der Waals surface area contributed by atoms with E-state index in [0.717, 1.165) is 4.90 Å². The molecule has 0 saturated heterocycles. The summed E-state index contributed by atoms with van der Waals surface area (Å²) in [7, 11) is 0. The first-order valence-corrected chi connectivity index (χ1v) is 6.92. The van der Waals surface area contributed by atoms with E-state index in [0.29, 0.717) is 27.0 Å². The molecule has 18 heavy (non-hydrogen) atoms. The maximum absolute atomic E-state index is 13.6. The molecule has 0 fully saturated rings. The van der Waals surface area contributed by atoms with Crippen molar-refractivity contribution < 1.29 is 4.39 Å². The van der Waals surface area contributed by atoms with Crippen LogP contribution in [-0.2, 0) is 5.75 Å². The molecule has 0 aliphatic rings. The van der Waals surface area contributed by atoms with Gasteiger partial charge in [-0.05, 0) is 35.9 Å². The molecule has 0 heterocycles. The predicted octanol–water partition coefficient (Wildman–Crippen LogP) is 5.01. The van der Waals surface area contributed by atoms with Crippen LogP contribution < -0.4 is 5.73 Å². The van der Waals surface area contributed by atoms with E-state index in [9.17, 15) is 4.39 Å². The minimum Gasteiger partial charge on any atom is -0.399 e. The van der Waals surface area contributed by atoms with E-state index < -0.39 is 0 Å². The molecule has 2 aromatic rings. The zero-order valence-electron chi connectivity index (χ0n) is 9.29. The lowest BCUT2D eigenvalue weighted by Crippen LogP contribution is -1.91. The van der Waals surface area contributed by atoms with Gasteiger partial charge in [0.05, 0.1) is 10.0 Å². The normalized spacial score (nSPS) is 10.6. The quantitative estimate of drug-likeness (QED) is 0.637. The van der Waals surface area contributed by atoms with Crippen LogP contribution in [0.1, 0.15) is 5.56 Å². The average Bonchev–Trinajstić information content (AvgIpc) is 2.32. The Hall–Kier alpha value is -0.900. The molecule has 0 aromatic heterocycles. The number of hydrogen-bond acceptors (Lipinski definition) is 2. The molecule has 0 radical (unpaired) electrons. The van der Waals surface area contributed by atoms with Crippen LogP contribution in [0.4, 0.5) is 10.1 Å². The molecule has 0 aliphatic carbocycles. The van der Waals surface area contributed by atoms with E-state index in [4.69, 9.17) is 28.9 Å². The van der Waals surface area contributed by atoms with E-state index in [2.05, 4.69) is 0 Å². The third-order valence-corrected chi connectivity index (χ3v) is 4.14. The van der Waals surface area contributed by atoms with Gasteiger partial charge in [-0.15, -0.1) is 11.8 Å². The summed E-state index contributed by atoms with van der Waals surface area (Å²) in [5.74, 6) is 0.229. The lowest BCUT2D eigenvalue weighted by molar-refractivity contribution is 0.618. The van der Waals surface area contributed by atoms with Crippen LogP contribution in [-0.4, -0.2) is 0 Å². The summed E-state index contributed by atoms with van der Waals surface area (Å²) in [6.07, 6.45) is 0. The predicted molar refractivity (Wildman–Crippen MR) is 76.8 cm³/mol. The van der Waals surface area contributed by atoms with Gasteiger partial charge in [0.2, 0.25) is 0 Å². The van der Waals surface area contributed by atoms with Crippen LogP contribution in [0.25, 0.3) is 0 Å². The molecule has 5 heteroatoms. The second-order valence-corrected chi connectivity index (χ2v) is 5.58. The van der Waals surface area contributed by atoms with Crippen molar-refractivity contribution in [1.29, 1.82) is 0 Å². The first-order valence-electron chi connectivity index (χ1n) is 5.18. The number of nitrogens with two attached hydrogens (primary N) is 1. The Morgan fingerprint density at radius 3 is 2.50 bits per heavy atom. The van der Waals surface area contributed by atoms with Crippen LogP contribution in [0.2, 0.25) is 10.0 Å². The molecular weight excluding hydrogens is 292 g/mol. The summed E-state index contributed by atoms with van der Waals surface area (Å²) in [5, 5.41) is 1.01. The van der Waals surface area contributed by atoms with Gasteiger partial charge in [0.25, 0.3) is 0 Å². The Kier molecular flexibility index (Phi) is 4.38. The van der Waals surface area contributed by atoms with Gasteiger partial charge in [-0.2, -0.15) is 0 Å². The minimum atomic E-state index is -0.289. The number of anilines is 1.